The van der Waals surface area contributed by atoms with Crippen LogP contribution in [0.25, 0.3) is 0 Å². The number of nitrogens with zero attached hydrogens (tertiary/aromatic N) is 1. The summed E-state index contributed by atoms with van der Waals surface area (Å²) in [6.07, 6.45) is 2.44. The van der Waals surface area contributed by atoms with Gasteiger partial charge in [0.15, 0.2) is 0 Å². The van der Waals surface area contributed by atoms with Crippen molar-refractivity contribution in [3.8, 4) is 0 Å². The van der Waals surface area contributed by atoms with Crippen molar-refractivity contribution in [1.29, 1.82) is 0 Å². The second-order valence-electron chi connectivity index (χ2n) is 4.68. The largest absolute Gasteiger partial charge is 0.315 e. The van der Waals surface area contributed by atoms with Gasteiger partial charge >= 0.3 is 0 Å². The Morgan fingerprint density at radius 2 is 2.00 bits per heavy atom. The van der Waals surface area contributed by atoms with Crippen LogP contribution in [0.4, 0.5) is 0 Å². The molecule has 1 atom stereocenters. The fourth-order valence-electron chi connectivity index (χ4n) is 2.39. The molecule has 16 heavy (non-hydrogen) atoms. The highest BCUT2D eigenvalue weighted by Gasteiger charge is 2.15. The number of rotatable bonds is 3. The summed E-state index contributed by atoms with van der Waals surface area (Å²) in [5.74, 6) is 0. The maximum Gasteiger partial charge on any atom is 0.0110 e. The van der Waals surface area contributed by atoms with Crippen LogP contribution in [0, 0.1) is 0 Å². The van der Waals surface area contributed by atoms with Gasteiger partial charge in [0.05, 0.1) is 0 Å². The first kappa shape index (κ1) is 11.6. The Balaban J connectivity index is 1.89. The second kappa shape index (κ2) is 6.02. The van der Waals surface area contributed by atoms with Gasteiger partial charge in [0.1, 0.15) is 0 Å². The van der Waals surface area contributed by atoms with E-state index in [0.717, 1.165) is 6.54 Å². The van der Waals surface area contributed by atoms with Crippen molar-refractivity contribution in [2.45, 2.75) is 25.8 Å². The number of nitrogens with one attached hydrogen (secondary N) is 1. The van der Waals surface area contributed by atoms with E-state index in [-0.39, 0.29) is 0 Å². The average Bonchev–Trinajstić information content (AvgIpc) is 2.59. The lowest BCUT2D eigenvalue weighted by Gasteiger charge is -2.27. The minimum Gasteiger partial charge on any atom is -0.315 e. The quantitative estimate of drug-likeness (QED) is 0.834. The molecule has 1 aromatic carbocycles. The molecular formula is C14H22N2. The topological polar surface area (TPSA) is 15.3 Å². The van der Waals surface area contributed by atoms with Crippen LogP contribution in [-0.2, 0) is 6.42 Å². The minimum atomic E-state index is 0.655. The van der Waals surface area contributed by atoms with Crippen molar-refractivity contribution in [2.24, 2.45) is 0 Å². The van der Waals surface area contributed by atoms with E-state index in [0.29, 0.717) is 6.04 Å². The third-order valence-electron chi connectivity index (χ3n) is 3.37. The van der Waals surface area contributed by atoms with E-state index in [4.69, 9.17) is 0 Å². The Bertz CT molecular complexity index is 289. The minimum absolute atomic E-state index is 0.655. The predicted molar refractivity (Wildman–Crippen MR) is 68.7 cm³/mol. The van der Waals surface area contributed by atoms with Gasteiger partial charge in [-0.1, -0.05) is 30.3 Å². The van der Waals surface area contributed by atoms with Crippen LogP contribution in [-0.4, -0.2) is 37.1 Å². The monoisotopic (exact) mass is 218 g/mol. The molecule has 2 rings (SSSR count). The van der Waals surface area contributed by atoms with E-state index in [2.05, 4.69) is 47.5 Å². The first-order valence-electron chi connectivity index (χ1n) is 6.35. The normalized spacial score (nSPS) is 20.3. The van der Waals surface area contributed by atoms with Gasteiger partial charge in [-0.05, 0) is 38.4 Å². The lowest BCUT2D eigenvalue weighted by Crippen LogP contribution is -2.37. The van der Waals surface area contributed by atoms with Crippen LogP contribution >= 0.6 is 0 Å². The van der Waals surface area contributed by atoms with Crippen LogP contribution < -0.4 is 5.32 Å². The van der Waals surface area contributed by atoms with Gasteiger partial charge in [0.2, 0.25) is 0 Å². The number of benzene rings is 1. The fraction of sp³-hybridized carbons (Fsp3) is 0.571. The summed E-state index contributed by atoms with van der Waals surface area (Å²) in [6.45, 7) is 7.08. The van der Waals surface area contributed by atoms with Crippen molar-refractivity contribution in [1.82, 2.24) is 10.2 Å². The summed E-state index contributed by atoms with van der Waals surface area (Å²) < 4.78 is 0. The van der Waals surface area contributed by atoms with Gasteiger partial charge in [-0.3, -0.25) is 4.90 Å². The molecule has 2 nitrogen and oxygen atoms in total. The van der Waals surface area contributed by atoms with Gasteiger partial charge in [0, 0.05) is 19.1 Å². The zero-order valence-electron chi connectivity index (χ0n) is 10.2. The Morgan fingerprint density at radius 1 is 1.19 bits per heavy atom. The summed E-state index contributed by atoms with van der Waals surface area (Å²) in [5, 5.41) is 3.45. The molecule has 1 fully saturated rings. The molecule has 0 aromatic heterocycles. The maximum absolute atomic E-state index is 3.45. The molecule has 1 aliphatic heterocycles. The molecule has 0 aliphatic carbocycles. The highest BCUT2D eigenvalue weighted by molar-refractivity contribution is 5.15. The maximum atomic E-state index is 3.45. The molecule has 0 saturated carbocycles. The Hall–Kier alpha value is -0.860. The van der Waals surface area contributed by atoms with Gasteiger partial charge in [-0.2, -0.15) is 0 Å². The lowest BCUT2D eigenvalue weighted by atomic mass is 10.1. The number of hydrogen-bond acceptors (Lipinski definition) is 2. The van der Waals surface area contributed by atoms with E-state index in [9.17, 15) is 0 Å². The van der Waals surface area contributed by atoms with Gasteiger partial charge < -0.3 is 5.32 Å². The number of hydrogen-bond donors (Lipinski definition) is 1. The van der Waals surface area contributed by atoms with Gasteiger partial charge in [0.25, 0.3) is 0 Å². The molecule has 1 heterocycles. The van der Waals surface area contributed by atoms with E-state index in [1.807, 2.05) is 0 Å². The molecule has 1 unspecified atom stereocenters. The molecule has 2 heteroatoms. The lowest BCUT2D eigenvalue weighted by molar-refractivity contribution is 0.221. The summed E-state index contributed by atoms with van der Waals surface area (Å²) in [5.41, 5.74) is 1.45. The molecule has 1 saturated heterocycles. The van der Waals surface area contributed by atoms with Crippen LogP contribution in [0.2, 0.25) is 0 Å². The predicted octanol–water partition coefficient (Wildman–Crippen LogP) is 1.91. The highest BCUT2D eigenvalue weighted by Crippen LogP contribution is 2.09. The molecule has 0 spiro atoms. The Kier molecular flexibility index (Phi) is 4.37. The zero-order chi connectivity index (χ0) is 11.2. The van der Waals surface area contributed by atoms with Crippen molar-refractivity contribution in [3.63, 3.8) is 0 Å². The fourth-order valence-corrected chi connectivity index (χ4v) is 2.39. The highest BCUT2D eigenvalue weighted by atomic mass is 15.2. The summed E-state index contributed by atoms with van der Waals surface area (Å²) in [4.78, 5) is 2.60. The van der Waals surface area contributed by atoms with Crippen molar-refractivity contribution < 1.29 is 0 Å². The first-order chi connectivity index (χ1) is 7.86. The average molecular weight is 218 g/mol. The Labute approximate surface area is 98.7 Å². The third kappa shape index (κ3) is 3.32. The van der Waals surface area contributed by atoms with Gasteiger partial charge in [-0.15, -0.1) is 0 Å². The van der Waals surface area contributed by atoms with E-state index < -0.39 is 0 Å². The molecular weight excluding hydrogens is 196 g/mol. The standard InChI is InChI=1S/C14H22N2/c1-13(12-14-6-3-2-4-7-14)16-10-5-8-15-9-11-16/h2-4,6-7,13,15H,5,8-12H2,1H3. The summed E-state index contributed by atoms with van der Waals surface area (Å²) in [6, 6.07) is 11.5. The van der Waals surface area contributed by atoms with Crippen molar-refractivity contribution >= 4 is 0 Å². The van der Waals surface area contributed by atoms with Crippen LogP contribution in [0.3, 0.4) is 0 Å². The molecule has 88 valence electrons. The van der Waals surface area contributed by atoms with Crippen molar-refractivity contribution in [2.75, 3.05) is 26.2 Å². The SMILES string of the molecule is CC(Cc1ccccc1)N1CCCNCC1. The zero-order valence-corrected chi connectivity index (χ0v) is 10.2. The van der Waals surface area contributed by atoms with Crippen LogP contribution in [0.5, 0.6) is 0 Å². The molecule has 1 aromatic rings. The molecule has 1 N–H and O–H groups in total. The van der Waals surface area contributed by atoms with E-state index in [1.165, 1.54) is 38.0 Å². The first-order valence-corrected chi connectivity index (χ1v) is 6.35. The third-order valence-corrected chi connectivity index (χ3v) is 3.37. The smallest absolute Gasteiger partial charge is 0.0110 e. The van der Waals surface area contributed by atoms with Gasteiger partial charge in [-0.25, -0.2) is 0 Å². The molecule has 1 aliphatic rings. The van der Waals surface area contributed by atoms with E-state index >= 15 is 0 Å². The van der Waals surface area contributed by atoms with Crippen molar-refractivity contribution in [3.05, 3.63) is 35.9 Å². The molecule has 0 amide bonds. The summed E-state index contributed by atoms with van der Waals surface area (Å²) >= 11 is 0. The molecule has 0 radical (unpaired) electrons. The second-order valence-corrected chi connectivity index (χ2v) is 4.68. The van der Waals surface area contributed by atoms with E-state index in [1.54, 1.807) is 0 Å². The molecule has 0 bridgehead atoms. The van der Waals surface area contributed by atoms with Crippen LogP contribution in [0.15, 0.2) is 30.3 Å². The Morgan fingerprint density at radius 3 is 2.81 bits per heavy atom. The summed E-state index contributed by atoms with van der Waals surface area (Å²) in [7, 11) is 0. The van der Waals surface area contributed by atoms with Crippen LogP contribution in [0.1, 0.15) is 18.9 Å².